The third-order valence-corrected chi connectivity index (χ3v) is 19.2. The number of aliphatic hydroxyl groups excluding tert-OH is 3. The highest BCUT2D eigenvalue weighted by Crippen LogP contribution is 2.51. The topological polar surface area (TPSA) is 209 Å². The lowest BCUT2D eigenvalue weighted by atomic mass is 9.77. The second kappa shape index (κ2) is 25.9. The molecule has 0 radical (unpaired) electrons. The molecular formula is C60H89N3O13S2. The van der Waals surface area contributed by atoms with Gasteiger partial charge in [-0.3, -0.25) is 14.5 Å². The van der Waals surface area contributed by atoms with Crippen LogP contribution in [0.5, 0.6) is 0 Å². The summed E-state index contributed by atoms with van der Waals surface area (Å²) < 4.78 is 38.3. The number of nitrogens with zero attached hydrogens (tertiary/aromatic N) is 2. The molecule has 6 N–H and O–H groups in total. The summed E-state index contributed by atoms with van der Waals surface area (Å²) in [6.07, 6.45) is -5.23. The number of cyclic esters (lactones) is 1. The van der Waals surface area contributed by atoms with Gasteiger partial charge in [-0.2, -0.15) is 0 Å². The molecule has 0 unspecified atom stereocenters. The predicted octanol–water partition coefficient (Wildman–Crippen LogP) is 7.66. The van der Waals surface area contributed by atoms with Gasteiger partial charge in [-0.25, -0.2) is 0 Å². The van der Waals surface area contributed by atoms with Crippen molar-refractivity contribution >= 4 is 41.1 Å². The van der Waals surface area contributed by atoms with E-state index in [0.29, 0.717) is 32.5 Å². The van der Waals surface area contributed by atoms with E-state index in [1.54, 1.807) is 63.8 Å². The Morgan fingerprint density at radius 2 is 1.63 bits per heavy atom. The van der Waals surface area contributed by atoms with Crippen molar-refractivity contribution in [3.8, 4) is 21.6 Å². The fraction of sp³-hybridized carbons (Fsp3) is 0.667. The van der Waals surface area contributed by atoms with Crippen LogP contribution >= 0.6 is 23.1 Å². The number of ether oxygens (including phenoxy) is 6. The Kier molecular flexibility index (Phi) is 20.7. The van der Waals surface area contributed by atoms with Crippen molar-refractivity contribution in [1.29, 1.82) is 0 Å². The van der Waals surface area contributed by atoms with Gasteiger partial charge in [-0.1, -0.05) is 62.4 Å². The smallest absolute Gasteiger partial charge is 0.311 e. The monoisotopic (exact) mass is 1120 g/mol. The number of carbonyl (C=O) groups is 2. The van der Waals surface area contributed by atoms with Crippen molar-refractivity contribution in [2.24, 2.45) is 17.8 Å². The van der Waals surface area contributed by atoms with Crippen LogP contribution in [0.1, 0.15) is 112 Å². The van der Waals surface area contributed by atoms with E-state index in [9.17, 15) is 35.1 Å². The molecule has 1 aromatic heterocycles. The average Bonchev–Trinajstić information content (AvgIpc) is 3.79. The zero-order valence-electron chi connectivity index (χ0n) is 48.3. The molecule has 18 atom stereocenters. The van der Waals surface area contributed by atoms with Crippen molar-refractivity contribution < 1.29 is 63.5 Å². The fourth-order valence-electron chi connectivity index (χ4n) is 12.3. The minimum atomic E-state index is -1.93. The number of hydrogen-bond donors (Lipinski definition) is 6. The van der Waals surface area contributed by atoms with E-state index in [-0.39, 0.29) is 43.2 Å². The standard InChI is InChI=1S/C60H89N3O13S2/c1-15-47-60(11,70)53(66)38(7)63(26-18-25-61-48(64)24-22-40-29-42-41-19-16-17-20-45(41)78-46-23-21-33(2)27-43(46)52(42)77-40)32-34(3)30-58(9,69)55(76-57-50(65)44(62(12)13)28-35(4)72-57)36(5)51(37(6)56(68)74-47)75-49-31-59(10,71-14)54(67)39(8)73-49/h16-17,19-24,27,29,34-39,44,47,49-51,53-55,57,65-67,69-70H,15,18,25-26,28,30-32H2,1-14H3,(H,61,64)/b24-22+/t34-,35-,36+,37-,38-,39+,44+,47-,49+,50-,51+,53-,54+,55-,57+,58-,59-,60-/m1/s1. The molecular weight excluding hydrogens is 1030 g/mol. The van der Waals surface area contributed by atoms with Gasteiger partial charge in [-0.05, 0) is 137 Å². The number of methoxy groups -OCH3 is 1. The molecule has 7 rings (SSSR count). The molecule has 0 saturated carbocycles. The predicted molar refractivity (Wildman–Crippen MR) is 304 cm³/mol. The van der Waals surface area contributed by atoms with Gasteiger partial charge in [0.2, 0.25) is 5.91 Å². The van der Waals surface area contributed by atoms with E-state index >= 15 is 0 Å². The number of thiophene rings is 1. The Hall–Kier alpha value is -3.31. The maximum Gasteiger partial charge on any atom is 0.311 e. The lowest BCUT2D eigenvalue weighted by Gasteiger charge is -2.48. The van der Waals surface area contributed by atoms with Crippen LogP contribution in [0.15, 0.2) is 64.4 Å². The highest BCUT2D eigenvalue weighted by molar-refractivity contribution is 7.99. The molecule has 4 aliphatic heterocycles. The second-order valence-corrected chi connectivity index (χ2v) is 25.9. The molecule has 0 spiro atoms. The summed E-state index contributed by atoms with van der Waals surface area (Å²) >= 11 is 3.43. The van der Waals surface area contributed by atoms with E-state index in [1.165, 1.54) is 39.8 Å². The Bertz CT molecular complexity index is 2540. The lowest BCUT2D eigenvalue weighted by molar-refractivity contribution is -0.318. The number of likely N-dealkylation sites (N-methyl/N-ethyl adjacent to an activating group) is 1. The summed E-state index contributed by atoms with van der Waals surface area (Å²) in [6.45, 7) is 20.7. The molecule has 4 aliphatic rings. The molecule has 5 heterocycles. The third kappa shape index (κ3) is 13.9. The molecule has 2 aromatic carbocycles. The third-order valence-electron chi connectivity index (χ3n) is 16.9. The number of amides is 1. The van der Waals surface area contributed by atoms with E-state index in [4.69, 9.17) is 28.4 Å². The normalized spacial score (nSPS) is 37.4. The summed E-state index contributed by atoms with van der Waals surface area (Å²) in [7, 11) is 5.27. The first-order chi connectivity index (χ1) is 36.7. The number of fused-ring (bicyclic) bond motifs is 5. The van der Waals surface area contributed by atoms with E-state index in [1.807, 2.05) is 57.7 Å². The van der Waals surface area contributed by atoms with Gasteiger partial charge in [0.1, 0.15) is 30.0 Å². The average molecular weight is 1120 g/mol. The Balaban J connectivity index is 1.14. The zero-order chi connectivity index (χ0) is 57.2. The minimum absolute atomic E-state index is 0.0968. The van der Waals surface area contributed by atoms with Crippen molar-refractivity contribution in [1.82, 2.24) is 15.1 Å². The number of benzene rings is 2. The molecule has 18 heteroatoms. The summed E-state index contributed by atoms with van der Waals surface area (Å²) in [6, 6.07) is 16.1. The number of aryl methyl sites for hydroxylation is 1. The molecule has 0 aliphatic carbocycles. The first-order valence-corrected chi connectivity index (χ1v) is 29.6. The van der Waals surface area contributed by atoms with Gasteiger partial charge >= 0.3 is 5.97 Å². The molecule has 16 nitrogen and oxygen atoms in total. The summed E-state index contributed by atoms with van der Waals surface area (Å²) in [4.78, 5) is 36.6. The fourth-order valence-corrected chi connectivity index (χ4v) is 14.6. The Labute approximate surface area is 471 Å². The van der Waals surface area contributed by atoms with Gasteiger partial charge in [0.15, 0.2) is 12.6 Å². The molecule has 78 heavy (non-hydrogen) atoms. The number of rotatable bonds is 13. The quantitative estimate of drug-likeness (QED) is 0.0431. The maximum absolute atomic E-state index is 14.7. The van der Waals surface area contributed by atoms with E-state index in [0.717, 1.165) is 16.0 Å². The molecule has 0 bridgehead atoms. The van der Waals surface area contributed by atoms with Crippen LogP contribution in [0, 0.1) is 24.7 Å². The Morgan fingerprint density at radius 3 is 2.32 bits per heavy atom. The number of nitrogens with one attached hydrogen (secondary N) is 1. The van der Waals surface area contributed by atoms with E-state index in [2.05, 4.69) is 60.8 Å². The van der Waals surface area contributed by atoms with Crippen LogP contribution in [-0.4, -0.2) is 178 Å². The molecule has 3 saturated heterocycles. The maximum atomic E-state index is 14.7. The lowest BCUT2D eigenvalue weighted by Crippen LogP contribution is -2.60. The number of hydrogen-bond acceptors (Lipinski definition) is 17. The first kappa shape index (κ1) is 62.3. The first-order valence-electron chi connectivity index (χ1n) is 27.9. The van der Waals surface area contributed by atoms with Crippen molar-refractivity contribution in [2.45, 2.75) is 208 Å². The zero-order valence-corrected chi connectivity index (χ0v) is 49.9. The second-order valence-electron chi connectivity index (χ2n) is 23.7. The molecule has 434 valence electrons. The van der Waals surface area contributed by atoms with Crippen molar-refractivity contribution in [3.05, 3.63) is 65.0 Å². The summed E-state index contributed by atoms with van der Waals surface area (Å²) in [5.41, 5.74) is -0.00175. The number of carbonyl (C=O) groups excluding carboxylic acids is 2. The van der Waals surface area contributed by atoms with Crippen LogP contribution in [0.4, 0.5) is 0 Å². The van der Waals surface area contributed by atoms with Gasteiger partial charge in [-0.15, -0.1) is 11.3 Å². The SMILES string of the molecule is CC[C@H]1OC(=O)[C@H](C)[C@@H](O[C@H]2C[C@@](C)(OC)[C@@H](O)[C@H](C)O2)[C@H](C)[C@@H](O[C@@H]2O[C@H](C)C[C@H](N(C)C)[C@H]2O)[C@](C)(O)C[C@@H](C)CN(CCCNC(=O)/C=C/c2cc3c(s2)-c2cc(C)ccc2Sc2ccccc2-3)[C@H](C)[C@@H](O)[C@]1(C)O. The van der Waals surface area contributed by atoms with E-state index < -0.39 is 96.0 Å². The highest BCUT2D eigenvalue weighted by Gasteiger charge is 2.53. The van der Waals surface area contributed by atoms with Crippen LogP contribution in [0.25, 0.3) is 27.6 Å². The van der Waals surface area contributed by atoms with Crippen molar-refractivity contribution in [2.75, 3.05) is 40.8 Å². The minimum Gasteiger partial charge on any atom is -0.459 e. The van der Waals surface area contributed by atoms with Gasteiger partial charge in [0.25, 0.3) is 0 Å². The van der Waals surface area contributed by atoms with Gasteiger partial charge in [0, 0.05) is 87.9 Å². The van der Waals surface area contributed by atoms with Gasteiger partial charge in [0.05, 0.1) is 41.5 Å². The number of esters is 1. The van der Waals surface area contributed by atoms with Crippen LogP contribution < -0.4 is 5.32 Å². The van der Waals surface area contributed by atoms with Crippen LogP contribution in [0.2, 0.25) is 0 Å². The van der Waals surface area contributed by atoms with Crippen LogP contribution in [0.3, 0.4) is 0 Å². The Morgan fingerprint density at radius 1 is 0.923 bits per heavy atom. The summed E-state index contributed by atoms with van der Waals surface area (Å²) in [5, 5.41) is 63.5. The van der Waals surface area contributed by atoms with Crippen LogP contribution in [-0.2, 0) is 38.0 Å². The largest absolute Gasteiger partial charge is 0.459 e. The van der Waals surface area contributed by atoms with Gasteiger partial charge < -0.3 is 64.2 Å². The molecule has 3 fully saturated rings. The highest BCUT2D eigenvalue weighted by atomic mass is 32.2. The summed E-state index contributed by atoms with van der Waals surface area (Å²) in [5.74, 6) is -3.16. The number of aliphatic hydroxyl groups is 5. The van der Waals surface area contributed by atoms with Crippen molar-refractivity contribution in [3.63, 3.8) is 0 Å². The molecule has 3 aromatic rings. The molecule has 1 amide bonds.